The Kier molecular flexibility index (Phi) is 4.73. The van der Waals surface area contributed by atoms with Gasteiger partial charge in [0.05, 0.1) is 12.2 Å². The maximum absolute atomic E-state index is 14.1. The van der Waals surface area contributed by atoms with E-state index in [4.69, 9.17) is 4.74 Å². The van der Waals surface area contributed by atoms with Gasteiger partial charge in [-0.25, -0.2) is 4.39 Å². The summed E-state index contributed by atoms with van der Waals surface area (Å²) in [6.45, 7) is 6.17. The number of carbonyl (C=O) groups excluding carboxylic acids is 1. The highest BCUT2D eigenvalue weighted by Crippen LogP contribution is 2.22. The number of benzene rings is 2. The molecule has 0 heterocycles. The van der Waals surface area contributed by atoms with E-state index in [2.05, 4.69) is 0 Å². The largest absolute Gasteiger partial charge is 0.494 e. The van der Waals surface area contributed by atoms with Crippen molar-refractivity contribution < 1.29 is 13.9 Å². The summed E-state index contributed by atoms with van der Waals surface area (Å²) < 4.78 is 19.6. The molecule has 2 nitrogen and oxygen atoms in total. The second-order valence-corrected chi connectivity index (χ2v) is 5.14. The summed E-state index contributed by atoms with van der Waals surface area (Å²) in [4.78, 5) is 12.5. The third kappa shape index (κ3) is 3.48. The number of rotatable bonds is 5. The molecule has 0 radical (unpaired) electrons. The average molecular weight is 286 g/mol. The van der Waals surface area contributed by atoms with Crippen LogP contribution in [0, 0.1) is 19.7 Å². The average Bonchev–Trinajstić information content (AvgIpc) is 2.44. The van der Waals surface area contributed by atoms with Crippen LogP contribution < -0.4 is 4.74 Å². The zero-order valence-electron chi connectivity index (χ0n) is 12.6. The van der Waals surface area contributed by atoms with Gasteiger partial charge in [0.2, 0.25) is 0 Å². The molecule has 0 fully saturated rings. The molecule has 0 N–H and O–H groups in total. The highest BCUT2D eigenvalue weighted by atomic mass is 19.1. The second-order valence-electron chi connectivity index (χ2n) is 5.14. The number of ketones is 1. The Morgan fingerprint density at radius 3 is 2.62 bits per heavy atom. The number of carbonyl (C=O) groups is 1. The van der Waals surface area contributed by atoms with E-state index in [0.29, 0.717) is 23.5 Å². The molecule has 2 rings (SSSR count). The van der Waals surface area contributed by atoms with Crippen molar-refractivity contribution >= 4 is 5.78 Å². The van der Waals surface area contributed by atoms with Gasteiger partial charge in [-0.05, 0) is 49.6 Å². The first-order valence-corrected chi connectivity index (χ1v) is 7.07. The Morgan fingerprint density at radius 1 is 1.19 bits per heavy atom. The fourth-order valence-corrected chi connectivity index (χ4v) is 2.29. The Labute approximate surface area is 124 Å². The van der Waals surface area contributed by atoms with E-state index in [-0.39, 0.29) is 11.3 Å². The van der Waals surface area contributed by atoms with Crippen molar-refractivity contribution in [1.29, 1.82) is 0 Å². The van der Waals surface area contributed by atoms with Crippen LogP contribution in [-0.2, 0) is 0 Å². The normalized spacial score (nSPS) is 10.5. The minimum Gasteiger partial charge on any atom is -0.494 e. The van der Waals surface area contributed by atoms with Gasteiger partial charge < -0.3 is 4.74 Å². The smallest absolute Gasteiger partial charge is 0.196 e. The molecule has 0 aliphatic carbocycles. The minimum atomic E-state index is -0.475. The lowest BCUT2D eigenvalue weighted by molar-refractivity contribution is 0.103. The third-order valence-corrected chi connectivity index (χ3v) is 3.23. The highest BCUT2D eigenvalue weighted by molar-refractivity contribution is 6.10. The van der Waals surface area contributed by atoms with E-state index in [1.54, 1.807) is 31.2 Å². The van der Waals surface area contributed by atoms with Crippen molar-refractivity contribution in [3.8, 4) is 5.75 Å². The molecule has 0 saturated carbocycles. The Hall–Kier alpha value is -2.16. The molecule has 0 aromatic heterocycles. The Balaban J connectivity index is 2.36. The predicted molar refractivity (Wildman–Crippen MR) is 81.5 cm³/mol. The van der Waals surface area contributed by atoms with Crippen LogP contribution in [0.5, 0.6) is 5.75 Å². The molecule has 0 spiro atoms. The standard InChI is InChI=1S/C18H19FO2/c1-4-8-21-15-7-5-6-14(11-15)18(20)17-13(3)9-12(2)10-16(17)19/h5-7,9-11H,4,8H2,1-3H3. The molecule has 2 aromatic rings. The summed E-state index contributed by atoms with van der Waals surface area (Å²) in [6, 6.07) is 10.1. The summed E-state index contributed by atoms with van der Waals surface area (Å²) in [6.07, 6.45) is 0.893. The topological polar surface area (TPSA) is 26.3 Å². The lowest BCUT2D eigenvalue weighted by Crippen LogP contribution is -2.08. The van der Waals surface area contributed by atoms with E-state index >= 15 is 0 Å². The van der Waals surface area contributed by atoms with Crippen molar-refractivity contribution in [2.45, 2.75) is 27.2 Å². The van der Waals surface area contributed by atoms with E-state index in [0.717, 1.165) is 12.0 Å². The van der Waals surface area contributed by atoms with Gasteiger partial charge in [-0.3, -0.25) is 4.79 Å². The zero-order valence-corrected chi connectivity index (χ0v) is 12.6. The molecular weight excluding hydrogens is 267 g/mol. The molecule has 0 bridgehead atoms. The molecule has 0 unspecified atom stereocenters. The molecular formula is C18H19FO2. The van der Waals surface area contributed by atoms with Gasteiger partial charge in [-0.1, -0.05) is 25.1 Å². The number of aryl methyl sites for hydroxylation is 2. The van der Waals surface area contributed by atoms with Crippen LogP contribution in [0.1, 0.15) is 40.4 Å². The number of hydrogen-bond donors (Lipinski definition) is 0. The quantitative estimate of drug-likeness (QED) is 0.758. The van der Waals surface area contributed by atoms with Crippen molar-refractivity contribution in [1.82, 2.24) is 0 Å². The van der Waals surface area contributed by atoms with Crippen LogP contribution in [-0.4, -0.2) is 12.4 Å². The first-order chi connectivity index (χ1) is 10.0. The molecule has 0 saturated heterocycles. The van der Waals surface area contributed by atoms with Gasteiger partial charge in [-0.2, -0.15) is 0 Å². The van der Waals surface area contributed by atoms with Crippen molar-refractivity contribution in [3.05, 3.63) is 64.5 Å². The first kappa shape index (κ1) is 15.2. The maximum Gasteiger partial charge on any atom is 0.196 e. The summed E-state index contributed by atoms with van der Waals surface area (Å²) in [5.41, 5.74) is 2.03. The van der Waals surface area contributed by atoms with Crippen LogP contribution in [0.15, 0.2) is 36.4 Å². The lowest BCUT2D eigenvalue weighted by Gasteiger charge is -2.10. The van der Waals surface area contributed by atoms with Crippen LogP contribution in [0.3, 0.4) is 0 Å². The van der Waals surface area contributed by atoms with E-state index < -0.39 is 5.82 Å². The number of hydrogen-bond acceptors (Lipinski definition) is 2. The first-order valence-electron chi connectivity index (χ1n) is 7.07. The number of halogens is 1. The maximum atomic E-state index is 14.1. The van der Waals surface area contributed by atoms with Crippen molar-refractivity contribution in [3.63, 3.8) is 0 Å². The predicted octanol–water partition coefficient (Wildman–Crippen LogP) is 4.46. The van der Waals surface area contributed by atoms with Crippen LogP contribution in [0.2, 0.25) is 0 Å². The van der Waals surface area contributed by atoms with Crippen molar-refractivity contribution in [2.75, 3.05) is 6.61 Å². The highest BCUT2D eigenvalue weighted by Gasteiger charge is 2.17. The van der Waals surface area contributed by atoms with Gasteiger partial charge in [0, 0.05) is 5.56 Å². The van der Waals surface area contributed by atoms with Crippen LogP contribution >= 0.6 is 0 Å². The lowest BCUT2D eigenvalue weighted by atomic mass is 9.97. The molecule has 0 aliphatic rings. The molecule has 2 aromatic carbocycles. The van der Waals surface area contributed by atoms with Gasteiger partial charge in [0.25, 0.3) is 0 Å². The molecule has 0 aliphatic heterocycles. The minimum absolute atomic E-state index is 0.133. The number of ether oxygens (including phenoxy) is 1. The molecule has 21 heavy (non-hydrogen) atoms. The van der Waals surface area contributed by atoms with Crippen LogP contribution in [0.25, 0.3) is 0 Å². The van der Waals surface area contributed by atoms with Gasteiger partial charge >= 0.3 is 0 Å². The van der Waals surface area contributed by atoms with E-state index in [9.17, 15) is 9.18 Å². The fourth-order valence-electron chi connectivity index (χ4n) is 2.29. The SMILES string of the molecule is CCCOc1cccc(C(=O)c2c(C)cc(C)cc2F)c1. The zero-order chi connectivity index (χ0) is 15.4. The summed E-state index contributed by atoms with van der Waals surface area (Å²) >= 11 is 0. The molecule has 0 atom stereocenters. The Bertz CT molecular complexity index is 639. The van der Waals surface area contributed by atoms with Gasteiger partial charge in [0.1, 0.15) is 11.6 Å². The Morgan fingerprint density at radius 2 is 1.95 bits per heavy atom. The van der Waals surface area contributed by atoms with Gasteiger partial charge in [0.15, 0.2) is 5.78 Å². The monoisotopic (exact) mass is 286 g/mol. The third-order valence-electron chi connectivity index (χ3n) is 3.23. The summed E-state index contributed by atoms with van der Waals surface area (Å²) in [7, 11) is 0. The molecule has 3 heteroatoms. The van der Waals surface area contributed by atoms with E-state index in [1.165, 1.54) is 6.07 Å². The summed E-state index contributed by atoms with van der Waals surface area (Å²) in [5.74, 6) is -0.155. The van der Waals surface area contributed by atoms with Crippen LogP contribution in [0.4, 0.5) is 4.39 Å². The van der Waals surface area contributed by atoms with E-state index in [1.807, 2.05) is 19.9 Å². The van der Waals surface area contributed by atoms with Gasteiger partial charge in [-0.15, -0.1) is 0 Å². The summed E-state index contributed by atoms with van der Waals surface area (Å²) in [5, 5.41) is 0. The second kappa shape index (κ2) is 6.53. The fraction of sp³-hybridized carbons (Fsp3) is 0.278. The van der Waals surface area contributed by atoms with Crippen molar-refractivity contribution in [2.24, 2.45) is 0 Å². The molecule has 0 amide bonds. The molecule has 110 valence electrons.